The zero-order valence-electron chi connectivity index (χ0n) is 15.9. The molecule has 3 aromatic heterocycles. The van der Waals surface area contributed by atoms with E-state index in [0.29, 0.717) is 12.3 Å². The lowest BCUT2D eigenvalue weighted by Gasteiger charge is -2.35. The first-order chi connectivity index (χ1) is 13.7. The van der Waals surface area contributed by atoms with Crippen molar-refractivity contribution in [3.05, 3.63) is 88.8 Å². The number of furan rings is 1. The van der Waals surface area contributed by atoms with Crippen LogP contribution in [0.4, 0.5) is 0 Å². The summed E-state index contributed by atoms with van der Waals surface area (Å²) < 4.78 is 5.77. The van der Waals surface area contributed by atoms with Gasteiger partial charge >= 0.3 is 0 Å². The Morgan fingerprint density at radius 3 is 2.79 bits per heavy atom. The predicted octanol–water partition coefficient (Wildman–Crippen LogP) is 4.10. The number of aliphatic hydroxyl groups excluding tert-OH is 1. The molecule has 0 bridgehead atoms. The summed E-state index contributed by atoms with van der Waals surface area (Å²) in [6, 6.07) is 18.5. The topological polar surface area (TPSA) is 65.3 Å². The zero-order valence-corrected chi connectivity index (χ0v) is 15.9. The van der Waals surface area contributed by atoms with Crippen molar-refractivity contribution in [3.8, 4) is 0 Å². The molecule has 0 saturated carbocycles. The minimum Gasteiger partial charge on any atom is -0.462 e. The van der Waals surface area contributed by atoms with Crippen LogP contribution in [-0.2, 0) is 19.6 Å². The van der Waals surface area contributed by atoms with Gasteiger partial charge in [0.05, 0.1) is 18.3 Å². The van der Waals surface area contributed by atoms with E-state index in [1.165, 1.54) is 22.2 Å². The Balaban J connectivity index is 1.60. The van der Waals surface area contributed by atoms with E-state index < -0.39 is 0 Å². The molecule has 0 saturated heterocycles. The first kappa shape index (κ1) is 17.2. The second-order valence-corrected chi connectivity index (χ2v) is 7.42. The van der Waals surface area contributed by atoms with Crippen LogP contribution in [0.3, 0.4) is 0 Å². The number of hydrogen-bond donors (Lipinski definition) is 2. The minimum atomic E-state index is -0.0744. The van der Waals surface area contributed by atoms with Gasteiger partial charge in [0.15, 0.2) is 0 Å². The third-order valence-corrected chi connectivity index (χ3v) is 5.56. The van der Waals surface area contributed by atoms with Crippen LogP contribution < -0.4 is 0 Å². The van der Waals surface area contributed by atoms with Gasteiger partial charge in [0.25, 0.3) is 0 Å². The molecule has 0 amide bonds. The van der Waals surface area contributed by atoms with E-state index in [1.807, 2.05) is 25.1 Å². The van der Waals surface area contributed by atoms with Gasteiger partial charge in [0, 0.05) is 28.8 Å². The maximum atomic E-state index is 9.31. The fourth-order valence-electron chi connectivity index (χ4n) is 4.30. The smallest absolute Gasteiger partial charge is 0.129 e. The molecule has 0 aliphatic carbocycles. The minimum absolute atomic E-state index is 0.0405. The molecule has 1 aromatic carbocycles. The van der Waals surface area contributed by atoms with Crippen LogP contribution in [0.15, 0.2) is 59.0 Å². The van der Waals surface area contributed by atoms with Crippen molar-refractivity contribution in [1.82, 2.24) is 14.9 Å². The number of aromatic nitrogens is 2. The van der Waals surface area contributed by atoms with E-state index in [0.717, 1.165) is 30.1 Å². The van der Waals surface area contributed by atoms with Crippen LogP contribution in [0.1, 0.15) is 40.2 Å². The van der Waals surface area contributed by atoms with Gasteiger partial charge < -0.3 is 14.5 Å². The lowest BCUT2D eigenvalue weighted by Crippen LogP contribution is -2.36. The van der Waals surface area contributed by atoms with E-state index in [4.69, 9.17) is 9.40 Å². The van der Waals surface area contributed by atoms with Crippen LogP contribution in [0.5, 0.6) is 0 Å². The van der Waals surface area contributed by atoms with E-state index in [9.17, 15) is 5.11 Å². The maximum absolute atomic E-state index is 9.31. The second kappa shape index (κ2) is 6.93. The highest BCUT2D eigenvalue weighted by atomic mass is 16.4. The van der Waals surface area contributed by atoms with Crippen molar-refractivity contribution in [2.24, 2.45) is 0 Å². The second-order valence-electron chi connectivity index (χ2n) is 7.42. The van der Waals surface area contributed by atoms with Gasteiger partial charge in [-0.25, -0.2) is 0 Å². The Morgan fingerprint density at radius 2 is 1.96 bits per heavy atom. The Hall–Kier alpha value is -2.89. The molecule has 1 aliphatic rings. The quantitative estimate of drug-likeness (QED) is 0.565. The summed E-state index contributed by atoms with van der Waals surface area (Å²) in [7, 11) is 0. The van der Waals surface area contributed by atoms with E-state index in [1.54, 1.807) is 0 Å². The molecular formula is C23H23N3O2. The summed E-state index contributed by atoms with van der Waals surface area (Å²) in [6.07, 6.45) is 0.981. The number of aromatic amines is 1. The van der Waals surface area contributed by atoms with Crippen molar-refractivity contribution in [1.29, 1.82) is 0 Å². The summed E-state index contributed by atoms with van der Waals surface area (Å²) in [5.41, 5.74) is 5.84. The highest BCUT2D eigenvalue weighted by Gasteiger charge is 2.33. The van der Waals surface area contributed by atoms with Crippen molar-refractivity contribution in [3.63, 3.8) is 0 Å². The molecule has 0 unspecified atom stereocenters. The zero-order chi connectivity index (χ0) is 19.1. The number of nitrogens with zero attached hydrogens (tertiary/aromatic N) is 2. The summed E-state index contributed by atoms with van der Waals surface area (Å²) in [5.74, 6) is 1.46. The molecular weight excluding hydrogens is 350 g/mol. The van der Waals surface area contributed by atoms with Crippen LogP contribution in [0.25, 0.3) is 10.9 Å². The van der Waals surface area contributed by atoms with Crippen LogP contribution in [0.2, 0.25) is 0 Å². The number of H-pyrrole nitrogens is 1. The summed E-state index contributed by atoms with van der Waals surface area (Å²) in [5, 5.41) is 10.6. The fraction of sp³-hybridized carbons (Fsp3) is 0.261. The number of nitrogens with one attached hydrogen (secondary N) is 1. The van der Waals surface area contributed by atoms with Gasteiger partial charge in [-0.1, -0.05) is 24.3 Å². The first-order valence-corrected chi connectivity index (χ1v) is 9.68. The number of hydrogen-bond acceptors (Lipinski definition) is 4. The summed E-state index contributed by atoms with van der Waals surface area (Å²) >= 11 is 0. The molecule has 5 rings (SSSR count). The average molecular weight is 373 g/mol. The number of aliphatic hydroxyl groups is 1. The first-order valence-electron chi connectivity index (χ1n) is 9.68. The number of aryl methyl sites for hydroxylation is 1. The van der Waals surface area contributed by atoms with Crippen molar-refractivity contribution < 1.29 is 9.52 Å². The average Bonchev–Trinajstić information content (AvgIpc) is 3.31. The van der Waals surface area contributed by atoms with Gasteiger partial charge in [-0.2, -0.15) is 0 Å². The normalized spacial score (nSPS) is 17.1. The molecule has 5 nitrogen and oxygen atoms in total. The van der Waals surface area contributed by atoms with Crippen molar-refractivity contribution in [2.45, 2.75) is 32.5 Å². The largest absolute Gasteiger partial charge is 0.462 e. The highest BCUT2D eigenvalue weighted by Crippen LogP contribution is 2.38. The maximum Gasteiger partial charge on any atom is 0.129 e. The third-order valence-electron chi connectivity index (χ3n) is 5.56. The summed E-state index contributed by atoms with van der Waals surface area (Å²) in [4.78, 5) is 10.9. The third kappa shape index (κ3) is 2.93. The molecule has 1 atom stereocenters. The molecule has 0 radical (unpaired) electrons. The highest BCUT2D eigenvalue weighted by molar-refractivity contribution is 5.85. The van der Waals surface area contributed by atoms with Crippen molar-refractivity contribution in [2.75, 3.05) is 6.54 Å². The Morgan fingerprint density at radius 1 is 1.11 bits per heavy atom. The number of pyridine rings is 1. The lowest BCUT2D eigenvalue weighted by atomic mass is 9.94. The molecule has 5 heteroatoms. The summed E-state index contributed by atoms with van der Waals surface area (Å²) in [6.45, 7) is 3.55. The molecule has 0 fully saturated rings. The van der Waals surface area contributed by atoms with E-state index in [-0.39, 0.29) is 12.6 Å². The molecule has 28 heavy (non-hydrogen) atoms. The number of benzene rings is 1. The van der Waals surface area contributed by atoms with Crippen molar-refractivity contribution >= 4 is 10.9 Å². The number of rotatable bonds is 4. The van der Waals surface area contributed by atoms with Gasteiger partial charge in [-0.05, 0) is 49.2 Å². The van der Waals surface area contributed by atoms with Gasteiger partial charge in [-0.3, -0.25) is 9.88 Å². The molecule has 1 aliphatic heterocycles. The van der Waals surface area contributed by atoms with E-state index >= 15 is 0 Å². The number of para-hydroxylation sites is 1. The van der Waals surface area contributed by atoms with Crippen LogP contribution in [0, 0.1) is 6.92 Å². The van der Waals surface area contributed by atoms with E-state index in [2.05, 4.69) is 46.3 Å². The van der Waals surface area contributed by atoms with Gasteiger partial charge in [-0.15, -0.1) is 0 Å². The number of fused-ring (bicyclic) bond motifs is 3. The molecule has 4 heterocycles. The lowest BCUT2D eigenvalue weighted by molar-refractivity contribution is 0.176. The fourth-order valence-corrected chi connectivity index (χ4v) is 4.30. The molecule has 142 valence electrons. The Bertz CT molecular complexity index is 1130. The van der Waals surface area contributed by atoms with Gasteiger partial charge in [0.2, 0.25) is 0 Å². The monoisotopic (exact) mass is 373 g/mol. The Labute approximate surface area is 163 Å². The SMILES string of the molecule is Cc1cccc([C@H]2c3[nH]c4ccccc4c3CCN2Cc2ccc(CO)o2)n1. The van der Waals surface area contributed by atoms with Gasteiger partial charge in [0.1, 0.15) is 18.1 Å². The van der Waals surface area contributed by atoms with Crippen LogP contribution in [-0.4, -0.2) is 26.5 Å². The Kier molecular flexibility index (Phi) is 4.26. The molecule has 4 aromatic rings. The van der Waals surface area contributed by atoms with Crippen LogP contribution >= 0.6 is 0 Å². The molecule has 2 N–H and O–H groups in total. The predicted molar refractivity (Wildman–Crippen MR) is 108 cm³/mol. The molecule has 0 spiro atoms. The standard InChI is InChI=1S/C23H23N3O2/c1-15-5-4-8-21(24-15)23-22-19(18-6-2-3-7-20(18)25-22)11-12-26(23)13-16-9-10-17(14-27)28-16/h2-10,23,25,27H,11-14H2,1H3/t23-/m0/s1.